The summed E-state index contributed by atoms with van der Waals surface area (Å²) < 4.78 is 38.8. The van der Waals surface area contributed by atoms with Crippen LogP contribution in [0.1, 0.15) is 29.5 Å². The monoisotopic (exact) mass is 508 g/mol. The Kier molecular flexibility index (Phi) is 5.46. The fourth-order valence-corrected chi connectivity index (χ4v) is 4.48. The lowest BCUT2D eigenvalue weighted by Crippen LogP contribution is -2.49. The molecule has 0 aromatic carbocycles. The summed E-state index contributed by atoms with van der Waals surface area (Å²) in [5.74, 6) is -0.680. The number of H-pyrrole nitrogens is 1. The van der Waals surface area contributed by atoms with Crippen molar-refractivity contribution in [1.29, 1.82) is 0 Å². The number of fused-ring (bicyclic) bond motifs is 5. The van der Waals surface area contributed by atoms with Gasteiger partial charge < -0.3 is 10.2 Å². The number of pyridine rings is 2. The van der Waals surface area contributed by atoms with Gasteiger partial charge in [-0.3, -0.25) is 20.1 Å². The van der Waals surface area contributed by atoms with Gasteiger partial charge in [-0.2, -0.15) is 18.3 Å². The van der Waals surface area contributed by atoms with Crippen molar-refractivity contribution in [3.8, 4) is 0 Å². The third kappa shape index (κ3) is 4.09. The molecule has 0 saturated carbocycles. The smallest absolute Gasteiger partial charge is 0.366 e. The Labute approximate surface area is 201 Å². The van der Waals surface area contributed by atoms with E-state index in [-0.39, 0.29) is 22.7 Å². The number of hydrogen-bond acceptors (Lipinski definition) is 6. The average Bonchev–Trinajstić information content (AvgIpc) is 3.38. The van der Waals surface area contributed by atoms with Crippen molar-refractivity contribution in [2.24, 2.45) is 0 Å². The van der Waals surface area contributed by atoms with Gasteiger partial charge >= 0.3 is 12.2 Å². The van der Waals surface area contributed by atoms with Crippen molar-refractivity contribution in [3.05, 3.63) is 34.6 Å². The second-order valence-electron chi connectivity index (χ2n) is 8.51. The molecule has 3 N–H and O–H groups in total. The maximum atomic E-state index is 13.4. The quantitative estimate of drug-likeness (QED) is 0.497. The lowest BCUT2D eigenvalue weighted by molar-refractivity contribution is -0.149. The Morgan fingerprint density at radius 3 is 2.80 bits per heavy atom. The molecule has 3 aromatic heterocycles. The van der Waals surface area contributed by atoms with E-state index in [9.17, 15) is 22.8 Å². The van der Waals surface area contributed by atoms with Gasteiger partial charge in [0, 0.05) is 18.8 Å². The zero-order chi connectivity index (χ0) is 25.1. The third-order valence-corrected chi connectivity index (χ3v) is 6.38. The number of urea groups is 1. The molecule has 1 fully saturated rings. The second-order valence-corrected chi connectivity index (χ2v) is 8.92. The number of carbonyl (C=O) groups excluding carboxylic acids is 2. The van der Waals surface area contributed by atoms with Gasteiger partial charge in [0.05, 0.1) is 22.1 Å². The Morgan fingerprint density at radius 1 is 1.29 bits per heavy atom. The minimum atomic E-state index is -4.63. The molecule has 1 unspecified atom stereocenters. The Morgan fingerprint density at radius 2 is 2.06 bits per heavy atom. The Bertz CT molecular complexity index is 1340. The fraction of sp³-hybridized carbons (Fsp3) is 0.381. The second kappa shape index (κ2) is 8.26. The number of nitrogens with one attached hydrogen (secondary N) is 3. The predicted octanol–water partition coefficient (Wildman–Crippen LogP) is 3.63. The van der Waals surface area contributed by atoms with Crippen molar-refractivity contribution in [1.82, 2.24) is 25.5 Å². The van der Waals surface area contributed by atoms with Crippen LogP contribution in [0.3, 0.4) is 0 Å². The summed E-state index contributed by atoms with van der Waals surface area (Å²) >= 11 is 6.24. The topological polar surface area (TPSA) is 119 Å². The Balaban J connectivity index is 1.48. The average molecular weight is 509 g/mol. The number of aromatic nitrogens is 4. The highest BCUT2D eigenvalue weighted by atomic mass is 35.5. The molecule has 1 saturated heterocycles. The predicted molar refractivity (Wildman–Crippen MR) is 123 cm³/mol. The number of aromatic amines is 1. The maximum absolute atomic E-state index is 13.4. The lowest BCUT2D eigenvalue weighted by Gasteiger charge is -2.36. The fourth-order valence-electron chi connectivity index (χ4n) is 4.25. The molecule has 5 heterocycles. The number of rotatable bonds is 3. The van der Waals surface area contributed by atoms with Crippen LogP contribution >= 0.6 is 11.6 Å². The molecule has 3 aromatic rings. The number of anilines is 3. The summed E-state index contributed by atoms with van der Waals surface area (Å²) in [6, 6.07) is 2.11. The van der Waals surface area contributed by atoms with Crippen molar-refractivity contribution >= 4 is 51.9 Å². The molecule has 0 spiro atoms. The van der Waals surface area contributed by atoms with E-state index in [4.69, 9.17) is 11.6 Å². The zero-order valence-corrected chi connectivity index (χ0v) is 19.3. The number of amides is 3. The van der Waals surface area contributed by atoms with Crippen LogP contribution in [0, 0.1) is 6.92 Å². The molecule has 3 amide bonds. The molecule has 0 radical (unpaired) electrons. The molecular formula is C21H20ClF3N8O2. The van der Waals surface area contributed by atoms with E-state index in [1.807, 2.05) is 17.1 Å². The summed E-state index contributed by atoms with van der Waals surface area (Å²) in [4.78, 5) is 38.0. The minimum absolute atomic E-state index is 0.110. The lowest BCUT2D eigenvalue weighted by atomic mass is 10.1. The zero-order valence-electron chi connectivity index (χ0n) is 18.6. The molecule has 10 nitrogen and oxygen atoms in total. The number of aryl methyl sites for hydroxylation is 1. The summed E-state index contributed by atoms with van der Waals surface area (Å²) in [6.45, 7) is 3.80. The van der Waals surface area contributed by atoms with E-state index in [1.54, 1.807) is 12.1 Å². The van der Waals surface area contributed by atoms with E-state index in [1.165, 1.54) is 11.0 Å². The standard InChI is InChI=1S/C21H20ClF3N8O2/c1-9-3-4-12-16(26-9)30-31-17(12)29-20(35)33-11-5-6-32(8-11)14-7-13(22)15(28-18(14)33)19(34)27-10(2)21(23,24)25/h3-4,7,10-11H,5-6,8H2,1-2H3,(H,27,34)(H2,26,29,30,31,35)/t10-,11?/m1/s1. The molecular weight excluding hydrogens is 489 g/mol. The van der Waals surface area contributed by atoms with Crippen LogP contribution in [0.15, 0.2) is 18.2 Å². The third-order valence-electron chi connectivity index (χ3n) is 6.09. The number of nitrogens with zero attached hydrogens (tertiary/aromatic N) is 5. The number of alkyl halides is 3. The highest BCUT2D eigenvalue weighted by molar-refractivity contribution is 6.34. The van der Waals surface area contributed by atoms with Crippen LogP contribution in [-0.2, 0) is 0 Å². The summed E-state index contributed by atoms with van der Waals surface area (Å²) in [6.07, 6.45) is -4.00. The molecule has 35 heavy (non-hydrogen) atoms. The van der Waals surface area contributed by atoms with Gasteiger partial charge in [-0.15, -0.1) is 0 Å². The van der Waals surface area contributed by atoms with Gasteiger partial charge in [0.25, 0.3) is 5.91 Å². The minimum Gasteiger partial charge on any atom is -0.366 e. The molecule has 2 aliphatic rings. The van der Waals surface area contributed by atoms with Gasteiger partial charge in [-0.05, 0) is 38.5 Å². The highest BCUT2D eigenvalue weighted by Crippen LogP contribution is 2.41. The van der Waals surface area contributed by atoms with Crippen LogP contribution in [0.4, 0.5) is 35.3 Å². The first-order chi connectivity index (χ1) is 16.5. The molecule has 14 heteroatoms. The summed E-state index contributed by atoms with van der Waals surface area (Å²) in [5.41, 5.74) is 1.41. The van der Waals surface area contributed by atoms with Crippen LogP contribution in [0.25, 0.3) is 11.0 Å². The Hall–Kier alpha value is -3.61. The molecule has 0 aliphatic carbocycles. The van der Waals surface area contributed by atoms with Gasteiger partial charge in [-0.1, -0.05) is 11.6 Å². The van der Waals surface area contributed by atoms with E-state index < -0.39 is 29.9 Å². The molecule has 2 aliphatic heterocycles. The van der Waals surface area contributed by atoms with Crippen molar-refractivity contribution in [2.45, 2.75) is 38.5 Å². The van der Waals surface area contributed by atoms with E-state index in [0.29, 0.717) is 36.2 Å². The van der Waals surface area contributed by atoms with Gasteiger partial charge in [0.1, 0.15) is 11.7 Å². The van der Waals surface area contributed by atoms with Crippen molar-refractivity contribution in [3.63, 3.8) is 0 Å². The molecule has 184 valence electrons. The van der Waals surface area contributed by atoms with Gasteiger partial charge in [0.2, 0.25) is 0 Å². The van der Waals surface area contributed by atoms with Crippen molar-refractivity contribution in [2.75, 3.05) is 28.2 Å². The number of carbonyl (C=O) groups is 2. The largest absolute Gasteiger partial charge is 0.408 e. The van der Waals surface area contributed by atoms with Gasteiger partial charge in [0.15, 0.2) is 17.3 Å². The van der Waals surface area contributed by atoms with Gasteiger partial charge in [-0.25, -0.2) is 14.8 Å². The normalized spacial score (nSPS) is 17.9. The molecule has 5 rings (SSSR count). The number of hydrogen-bond donors (Lipinski definition) is 3. The van der Waals surface area contributed by atoms with Crippen LogP contribution in [-0.4, -0.2) is 63.5 Å². The highest BCUT2D eigenvalue weighted by Gasteiger charge is 2.42. The summed E-state index contributed by atoms with van der Waals surface area (Å²) in [5, 5.41) is 12.0. The van der Waals surface area contributed by atoms with E-state index in [0.717, 1.165) is 12.6 Å². The SMILES string of the molecule is Cc1ccc2c(NC(=O)N3c4nc(C(=O)N[C@H](C)C(F)(F)F)c(Cl)cc4N4CCC3C4)n[nH]c2n1. The first-order valence-corrected chi connectivity index (χ1v) is 11.2. The maximum Gasteiger partial charge on any atom is 0.408 e. The molecule has 2 atom stereocenters. The first kappa shape index (κ1) is 23.1. The van der Waals surface area contributed by atoms with Crippen LogP contribution in [0.2, 0.25) is 5.02 Å². The first-order valence-electron chi connectivity index (χ1n) is 10.8. The molecule has 2 bridgehead atoms. The summed E-state index contributed by atoms with van der Waals surface area (Å²) in [7, 11) is 0. The van der Waals surface area contributed by atoms with Crippen LogP contribution < -0.4 is 20.4 Å². The number of halogens is 4. The van der Waals surface area contributed by atoms with Crippen LogP contribution in [0.5, 0.6) is 0 Å². The van der Waals surface area contributed by atoms with E-state index in [2.05, 4.69) is 25.5 Å². The van der Waals surface area contributed by atoms with Crippen molar-refractivity contribution < 1.29 is 22.8 Å². The van der Waals surface area contributed by atoms with E-state index >= 15 is 0 Å².